The van der Waals surface area contributed by atoms with E-state index >= 15 is 0 Å². The molecule has 1 unspecified atom stereocenters. The molecule has 0 radical (unpaired) electrons. The lowest BCUT2D eigenvalue weighted by Crippen LogP contribution is -2.06. The van der Waals surface area contributed by atoms with E-state index in [2.05, 4.69) is 0 Å². The van der Waals surface area contributed by atoms with Crippen LogP contribution in [0.2, 0.25) is 0 Å². The molecule has 2 rings (SSSR count). The molecule has 0 aromatic heterocycles. The molecule has 0 heterocycles. The third-order valence-electron chi connectivity index (χ3n) is 2.54. The van der Waals surface area contributed by atoms with Crippen LogP contribution in [0.1, 0.15) is 15.9 Å². The van der Waals surface area contributed by atoms with Crippen LogP contribution in [0.4, 0.5) is 0 Å². The Morgan fingerprint density at radius 1 is 1.47 bits per heavy atom. The summed E-state index contributed by atoms with van der Waals surface area (Å²) in [5, 5.41) is -0.484. The number of carbonyl (C=O) groups is 1. The molecule has 5 heteroatoms. The zero-order valence-electron chi connectivity index (χ0n) is 8.75. The molecule has 1 aliphatic rings. The van der Waals surface area contributed by atoms with Crippen molar-refractivity contribution in [3.05, 3.63) is 39.9 Å². The third-order valence-corrected chi connectivity index (χ3v) is 3.20. The van der Waals surface area contributed by atoms with Crippen molar-refractivity contribution in [2.75, 3.05) is 6.61 Å². The largest absolute Gasteiger partial charge is 0.489 e. The van der Waals surface area contributed by atoms with E-state index in [0.717, 1.165) is 5.56 Å². The van der Waals surface area contributed by atoms with Crippen molar-refractivity contribution >= 4 is 40.6 Å². The fraction of sp³-hybridized carbons (Fsp3) is 0.250. The molecular weight excluding hydrogens is 282 g/mol. The first-order chi connectivity index (χ1) is 8.09. The van der Waals surface area contributed by atoms with Gasteiger partial charge in [-0.25, -0.2) is 0 Å². The number of hydrogen-bond donors (Lipinski definition) is 0. The quantitative estimate of drug-likeness (QED) is 0.793. The Morgan fingerprint density at radius 3 is 2.94 bits per heavy atom. The smallest absolute Gasteiger partial charge is 0.181 e. The number of Topliss-reactive ketones (excluding diaryl/α,β-unsaturated/α-hetero) is 1. The maximum atomic E-state index is 11.7. The Labute approximate surface area is 114 Å². The standard InChI is InChI=1S/C12H9Cl3O2/c13-9-6-8-7(12(9)16)2-1-3-10(8)17-5-4-11(14)15/h1-4,9H,5-6H2. The maximum absolute atomic E-state index is 11.7. The average Bonchev–Trinajstić information content (AvgIpc) is 2.56. The molecule has 0 fully saturated rings. The molecule has 1 aromatic carbocycles. The molecule has 2 nitrogen and oxygen atoms in total. The van der Waals surface area contributed by atoms with Crippen LogP contribution in [0.5, 0.6) is 5.75 Å². The van der Waals surface area contributed by atoms with E-state index in [0.29, 0.717) is 17.7 Å². The highest BCUT2D eigenvalue weighted by Gasteiger charge is 2.30. The number of rotatable bonds is 3. The Morgan fingerprint density at radius 2 is 2.24 bits per heavy atom. The van der Waals surface area contributed by atoms with E-state index in [9.17, 15) is 4.79 Å². The van der Waals surface area contributed by atoms with Gasteiger partial charge >= 0.3 is 0 Å². The van der Waals surface area contributed by atoms with Crippen LogP contribution in [0.15, 0.2) is 28.8 Å². The van der Waals surface area contributed by atoms with E-state index in [-0.39, 0.29) is 16.9 Å². The Balaban J connectivity index is 2.21. The molecule has 90 valence electrons. The Hall–Kier alpha value is -0.700. The van der Waals surface area contributed by atoms with Crippen LogP contribution < -0.4 is 4.74 Å². The SMILES string of the molecule is O=C1c2cccc(OCC=C(Cl)Cl)c2CC1Cl. The first kappa shape index (κ1) is 12.7. The topological polar surface area (TPSA) is 26.3 Å². The summed E-state index contributed by atoms with van der Waals surface area (Å²) < 4.78 is 5.66. The fourth-order valence-electron chi connectivity index (χ4n) is 1.78. The van der Waals surface area contributed by atoms with Gasteiger partial charge in [-0.15, -0.1) is 11.6 Å². The summed E-state index contributed by atoms with van der Waals surface area (Å²) in [5.41, 5.74) is 1.50. The number of fused-ring (bicyclic) bond motifs is 1. The highest BCUT2D eigenvalue weighted by atomic mass is 35.5. The number of ketones is 1. The van der Waals surface area contributed by atoms with E-state index in [1.165, 1.54) is 6.08 Å². The number of benzene rings is 1. The summed E-state index contributed by atoms with van der Waals surface area (Å²) in [7, 11) is 0. The van der Waals surface area contributed by atoms with Crippen molar-refractivity contribution in [1.29, 1.82) is 0 Å². The predicted molar refractivity (Wildman–Crippen MR) is 69.4 cm³/mol. The average molecular weight is 292 g/mol. The van der Waals surface area contributed by atoms with Gasteiger partial charge in [0.15, 0.2) is 5.78 Å². The number of alkyl halides is 1. The molecular formula is C12H9Cl3O2. The molecule has 1 aromatic rings. The summed E-state index contributed by atoms with van der Waals surface area (Å²) in [6.45, 7) is 0.264. The van der Waals surface area contributed by atoms with Crippen LogP contribution in [-0.4, -0.2) is 17.8 Å². The normalized spacial score (nSPS) is 17.8. The molecule has 0 bridgehead atoms. The molecule has 17 heavy (non-hydrogen) atoms. The van der Waals surface area contributed by atoms with Gasteiger partial charge in [0.2, 0.25) is 0 Å². The summed E-state index contributed by atoms with van der Waals surface area (Å²) in [4.78, 5) is 11.7. The second kappa shape index (κ2) is 5.30. The van der Waals surface area contributed by atoms with Gasteiger partial charge in [-0.3, -0.25) is 4.79 Å². The van der Waals surface area contributed by atoms with Crippen molar-refractivity contribution in [1.82, 2.24) is 0 Å². The molecule has 1 atom stereocenters. The second-order valence-electron chi connectivity index (χ2n) is 3.62. The highest BCUT2D eigenvalue weighted by molar-refractivity contribution is 6.55. The lowest BCUT2D eigenvalue weighted by molar-refractivity contribution is 0.0998. The van der Waals surface area contributed by atoms with Crippen LogP contribution >= 0.6 is 34.8 Å². The third kappa shape index (κ3) is 2.76. The zero-order chi connectivity index (χ0) is 12.4. The number of carbonyl (C=O) groups excluding carboxylic acids is 1. The molecule has 0 spiro atoms. The van der Waals surface area contributed by atoms with Crippen molar-refractivity contribution in [2.24, 2.45) is 0 Å². The first-order valence-corrected chi connectivity index (χ1v) is 6.23. The lowest BCUT2D eigenvalue weighted by atomic mass is 10.1. The Bertz CT molecular complexity index is 479. The van der Waals surface area contributed by atoms with Crippen molar-refractivity contribution in [2.45, 2.75) is 11.8 Å². The van der Waals surface area contributed by atoms with Gasteiger partial charge in [0.25, 0.3) is 0 Å². The minimum Gasteiger partial charge on any atom is -0.489 e. The van der Waals surface area contributed by atoms with Gasteiger partial charge in [0.1, 0.15) is 22.2 Å². The fourth-order valence-corrected chi connectivity index (χ4v) is 2.18. The van der Waals surface area contributed by atoms with Crippen LogP contribution in [0.3, 0.4) is 0 Å². The molecule has 0 N–H and O–H groups in total. The first-order valence-electron chi connectivity index (χ1n) is 5.03. The van der Waals surface area contributed by atoms with Gasteiger partial charge in [-0.2, -0.15) is 0 Å². The second-order valence-corrected chi connectivity index (χ2v) is 5.16. The predicted octanol–water partition coefficient (Wildman–Crippen LogP) is 3.73. The summed E-state index contributed by atoms with van der Waals surface area (Å²) in [6, 6.07) is 5.33. The van der Waals surface area contributed by atoms with Gasteiger partial charge in [0.05, 0.1) is 0 Å². The lowest BCUT2D eigenvalue weighted by Gasteiger charge is -2.07. The number of ether oxygens (including phenoxy) is 1. The summed E-state index contributed by atoms with van der Waals surface area (Å²) >= 11 is 16.9. The Kier molecular flexibility index (Phi) is 3.97. The van der Waals surface area contributed by atoms with Crippen molar-refractivity contribution < 1.29 is 9.53 Å². The minimum atomic E-state index is -0.484. The van der Waals surface area contributed by atoms with Crippen molar-refractivity contribution in [3.63, 3.8) is 0 Å². The minimum absolute atomic E-state index is 0.0435. The van der Waals surface area contributed by atoms with Gasteiger partial charge in [-0.1, -0.05) is 35.3 Å². The molecule has 0 saturated carbocycles. The zero-order valence-corrected chi connectivity index (χ0v) is 11.0. The van der Waals surface area contributed by atoms with E-state index in [1.807, 2.05) is 0 Å². The van der Waals surface area contributed by atoms with Crippen LogP contribution in [0, 0.1) is 0 Å². The highest BCUT2D eigenvalue weighted by Crippen LogP contribution is 2.32. The summed E-state index contributed by atoms with van der Waals surface area (Å²) in [5.74, 6) is 0.614. The molecule has 0 aliphatic heterocycles. The number of hydrogen-bond acceptors (Lipinski definition) is 2. The monoisotopic (exact) mass is 290 g/mol. The molecule has 0 saturated heterocycles. The summed E-state index contributed by atoms with van der Waals surface area (Å²) in [6.07, 6.45) is 2.04. The van der Waals surface area contributed by atoms with Crippen LogP contribution in [-0.2, 0) is 6.42 Å². The maximum Gasteiger partial charge on any atom is 0.181 e. The number of halogens is 3. The van der Waals surface area contributed by atoms with E-state index < -0.39 is 5.38 Å². The van der Waals surface area contributed by atoms with Crippen molar-refractivity contribution in [3.8, 4) is 5.75 Å². The van der Waals surface area contributed by atoms with Gasteiger partial charge in [-0.05, 0) is 12.1 Å². The van der Waals surface area contributed by atoms with E-state index in [4.69, 9.17) is 39.5 Å². The van der Waals surface area contributed by atoms with Gasteiger partial charge < -0.3 is 4.74 Å². The molecule has 0 amide bonds. The molecule has 1 aliphatic carbocycles. The van der Waals surface area contributed by atoms with Gasteiger partial charge in [0, 0.05) is 17.5 Å². The van der Waals surface area contributed by atoms with Crippen LogP contribution in [0.25, 0.3) is 0 Å². The van der Waals surface area contributed by atoms with E-state index in [1.54, 1.807) is 18.2 Å².